The van der Waals surface area contributed by atoms with E-state index in [1.807, 2.05) is 31.3 Å². The van der Waals surface area contributed by atoms with Crippen molar-refractivity contribution in [3.05, 3.63) is 29.8 Å². The van der Waals surface area contributed by atoms with E-state index in [0.717, 1.165) is 24.3 Å². The molecule has 0 spiro atoms. The van der Waals surface area contributed by atoms with E-state index in [0.29, 0.717) is 0 Å². The number of benzene rings is 1. The van der Waals surface area contributed by atoms with Gasteiger partial charge in [0, 0.05) is 31.4 Å². The lowest BCUT2D eigenvalue weighted by Crippen LogP contribution is -2.28. The minimum absolute atomic E-state index is 0.132. The molecule has 1 aromatic rings. The Balaban J connectivity index is 2.67. The van der Waals surface area contributed by atoms with Crippen molar-refractivity contribution in [3.8, 4) is 0 Å². The van der Waals surface area contributed by atoms with E-state index in [1.54, 1.807) is 0 Å². The van der Waals surface area contributed by atoms with E-state index in [-0.39, 0.29) is 5.84 Å². The second-order valence-corrected chi connectivity index (χ2v) is 4.26. The van der Waals surface area contributed by atoms with Crippen molar-refractivity contribution < 1.29 is 5.21 Å². The molecule has 17 heavy (non-hydrogen) atoms. The van der Waals surface area contributed by atoms with Crippen LogP contribution >= 0.6 is 0 Å². The zero-order valence-corrected chi connectivity index (χ0v) is 10.6. The molecule has 5 nitrogen and oxygen atoms in total. The molecule has 0 unspecified atom stereocenters. The standard InChI is InChI=1S/C12H20N4O/c1-15(2)8-9-16(3)11-6-4-10(5-7-11)12(13)14-17/h4-7,17H,8-9H2,1-3H3,(H2,13,14). The fourth-order valence-corrected chi connectivity index (χ4v) is 1.42. The Morgan fingerprint density at radius 3 is 2.24 bits per heavy atom. The van der Waals surface area contributed by atoms with E-state index in [2.05, 4.69) is 29.1 Å². The van der Waals surface area contributed by atoms with E-state index in [9.17, 15) is 0 Å². The van der Waals surface area contributed by atoms with Gasteiger partial charge in [0.15, 0.2) is 5.84 Å². The van der Waals surface area contributed by atoms with Gasteiger partial charge in [-0.25, -0.2) is 0 Å². The van der Waals surface area contributed by atoms with Crippen molar-refractivity contribution in [3.63, 3.8) is 0 Å². The number of likely N-dealkylation sites (N-methyl/N-ethyl adjacent to an activating group) is 2. The molecule has 1 rings (SSSR count). The zero-order valence-electron chi connectivity index (χ0n) is 10.6. The highest BCUT2D eigenvalue weighted by molar-refractivity contribution is 5.97. The molecule has 1 aromatic carbocycles. The summed E-state index contributed by atoms with van der Waals surface area (Å²) >= 11 is 0. The number of nitrogens with two attached hydrogens (primary N) is 1. The molecule has 0 saturated carbocycles. The fourth-order valence-electron chi connectivity index (χ4n) is 1.42. The van der Waals surface area contributed by atoms with Gasteiger partial charge in [0.1, 0.15) is 0 Å². The van der Waals surface area contributed by atoms with Gasteiger partial charge in [-0.15, -0.1) is 0 Å². The van der Waals surface area contributed by atoms with Crippen LogP contribution < -0.4 is 10.6 Å². The van der Waals surface area contributed by atoms with Gasteiger partial charge in [-0.2, -0.15) is 0 Å². The van der Waals surface area contributed by atoms with Gasteiger partial charge < -0.3 is 20.7 Å². The van der Waals surface area contributed by atoms with Gasteiger partial charge in [0.2, 0.25) is 0 Å². The van der Waals surface area contributed by atoms with Crippen LogP contribution in [0, 0.1) is 0 Å². The first-order valence-electron chi connectivity index (χ1n) is 5.48. The number of anilines is 1. The first-order valence-corrected chi connectivity index (χ1v) is 5.48. The van der Waals surface area contributed by atoms with E-state index in [4.69, 9.17) is 10.9 Å². The fraction of sp³-hybridized carbons (Fsp3) is 0.417. The minimum atomic E-state index is 0.132. The second-order valence-electron chi connectivity index (χ2n) is 4.26. The summed E-state index contributed by atoms with van der Waals surface area (Å²) in [6.07, 6.45) is 0. The van der Waals surface area contributed by atoms with Crippen molar-refractivity contribution >= 4 is 11.5 Å². The number of rotatable bonds is 5. The maximum atomic E-state index is 8.56. The van der Waals surface area contributed by atoms with E-state index < -0.39 is 0 Å². The van der Waals surface area contributed by atoms with Crippen LogP contribution in [0.3, 0.4) is 0 Å². The van der Waals surface area contributed by atoms with Crippen LogP contribution in [0.25, 0.3) is 0 Å². The molecule has 0 saturated heterocycles. The number of nitrogens with zero attached hydrogens (tertiary/aromatic N) is 3. The number of oxime groups is 1. The third-order valence-electron chi connectivity index (χ3n) is 2.59. The summed E-state index contributed by atoms with van der Waals surface area (Å²) in [4.78, 5) is 4.30. The van der Waals surface area contributed by atoms with Crippen molar-refractivity contribution in [1.82, 2.24) is 4.90 Å². The molecule has 5 heteroatoms. The molecule has 0 aliphatic rings. The SMILES string of the molecule is CN(C)CCN(C)c1ccc(/C(N)=N/O)cc1. The summed E-state index contributed by atoms with van der Waals surface area (Å²) < 4.78 is 0. The van der Waals surface area contributed by atoms with Crippen molar-refractivity contribution in [1.29, 1.82) is 0 Å². The van der Waals surface area contributed by atoms with Crippen LogP contribution in [0.4, 0.5) is 5.69 Å². The molecule has 3 N–H and O–H groups in total. The first kappa shape index (κ1) is 13.3. The summed E-state index contributed by atoms with van der Waals surface area (Å²) in [5, 5.41) is 11.5. The summed E-state index contributed by atoms with van der Waals surface area (Å²) in [5.74, 6) is 0.132. The molecule has 94 valence electrons. The third kappa shape index (κ3) is 3.96. The van der Waals surface area contributed by atoms with Crippen molar-refractivity contribution in [2.45, 2.75) is 0 Å². The highest BCUT2D eigenvalue weighted by Crippen LogP contribution is 2.13. The Hall–Kier alpha value is -1.75. The molecule has 0 atom stereocenters. The van der Waals surface area contributed by atoms with Gasteiger partial charge in [0.05, 0.1) is 0 Å². The monoisotopic (exact) mass is 236 g/mol. The average molecular weight is 236 g/mol. The third-order valence-corrected chi connectivity index (χ3v) is 2.59. The topological polar surface area (TPSA) is 65.1 Å². The molecule has 0 radical (unpaired) electrons. The van der Waals surface area contributed by atoms with Crippen molar-refractivity contribution in [2.24, 2.45) is 10.9 Å². The second kappa shape index (κ2) is 6.10. The van der Waals surface area contributed by atoms with Crippen LogP contribution in [-0.2, 0) is 0 Å². The van der Waals surface area contributed by atoms with Crippen LogP contribution in [-0.4, -0.2) is 50.2 Å². The average Bonchev–Trinajstić information content (AvgIpc) is 2.35. The molecule has 0 aliphatic carbocycles. The lowest BCUT2D eigenvalue weighted by Gasteiger charge is -2.21. The molecule has 0 aromatic heterocycles. The molecule has 0 heterocycles. The largest absolute Gasteiger partial charge is 0.409 e. The molecule has 0 amide bonds. The van der Waals surface area contributed by atoms with Gasteiger partial charge in [-0.05, 0) is 38.4 Å². The molecular weight excluding hydrogens is 216 g/mol. The zero-order chi connectivity index (χ0) is 12.8. The number of hydrogen-bond acceptors (Lipinski definition) is 4. The lowest BCUT2D eigenvalue weighted by molar-refractivity contribution is 0.318. The van der Waals surface area contributed by atoms with Crippen LogP contribution in [0.1, 0.15) is 5.56 Å². The first-order chi connectivity index (χ1) is 8.04. The van der Waals surface area contributed by atoms with Gasteiger partial charge in [0.25, 0.3) is 0 Å². The summed E-state index contributed by atoms with van der Waals surface area (Å²) in [5.41, 5.74) is 7.33. The highest BCUT2D eigenvalue weighted by Gasteiger charge is 2.03. The highest BCUT2D eigenvalue weighted by atomic mass is 16.4. The molecular formula is C12H20N4O. The molecule has 0 fully saturated rings. The summed E-state index contributed by atoms with van der Waals surface area (Å²) in [6.45, 7) is 1.95. The Labute approximate surface area is 102 Å². The Morgan fingerprint density at radius 2 is 1.76 bits per heavy atom. The molecule has 0 bridgehead atoms. The van der Waals surface area contributed by atoms with E-state index in [1.165, 1.54) is 0 Å². The minimum Gasteiger partial charge on any atom is -0.409 e. The predicted octanol–water partition coefficient (Wildman–Crippen LogP) is 0.779. The number of hydrogen-bond donors (Lipinski definition) is 2. The lowest BCUT2D eigenvalue weighted by atomic mass is 10.2. The normalized spacial score (nSPS) is 11.9. The number of amidine groups is 1. The van der Waals surface area contributed by atoms with Gasteiger partial charge >= 0.3 is 0 Å². The van der Waals surface area contributed by atoms with E-state index >= 15 is 0 Å². The summed E-state index contributed by atoms with van der Waals surface area (Å²) in [7, 11) is 6.15. The summed E-state index contributed by atoms with van der Waals surface area (Å²) in [6, 6.07) is 7.61. The maximum absolute atomic E-state index is 8.56. The smallest absolute Gasteiger partial charge is 0.170 e. The van der Waals surface area contributed by atoms with Crippen molar-refractivity contribution in [2.75, 3.05) is 39.1 Å². The Kier molecular flexibility index (Phi) is 4.78. The van der Waals surface area contributed by atoms with Crippen LogP contribution in [0.2, 0.25) is 0 Å². The predicted molar refractivity (Wildman–Crippen MR) is 70.8 cm³/mol. The quantitative estimate of drug-likeness (QED) is 0.343. The maximum Gasteiger partial charge on any atom is 0.170 e. The molecule has 0 aliphatic heterocycles. The van der Waals surface area contributed by atoms with Gasteiger partial charge in [-0.3, -0.25) is 0 Å². The Bertz CT molecular complexity index is 373. The Morgan fingerprint density at radius 1 is 1.18 bits per heavy atom. The van der Waals surface area contributed by atoms with Crippen LogP contribution in [0.5, 0.6) is 0 Å². The van der Waals surface area contributed by atoms with Gasteiger partial charge in [-0.1, -0.05) is 5.16 Å². The van der Waals surface area contributed by atoms with Crippen LogP contribution in [0.15, 0.2) is 29.4 Å².